The highest BCUT2D eigenvalue weighted by Gasteiger charge is 2.31. The number of aldehydes is 1. The first-order valence-electron chi connectivity index (χ1n) is 6.95. The molecule has 0 aliphatic heterocycles. The van der Waals surface area contributed by atoms with Crippen LogP contribution in [0.3, 0.4) is 0 Å². The van der Waals surface area contributed by atoms with Crippen LogP contribution in [0.2, 0.25) is 0 Å². The molecule has 1 aromatic carbocycles. The fraction of sp³-hybridized carbons (Fsp3) is 0.438. The zero-order valence-electron chi connectivity index (χ0n) is 12.2. The van der Waals surface area contributed by atoms with E-state index in [2.05, 4.69) is 11.3 Å². The number of hydrogen-bond donors (Lipinski definition) is 0. The van der Waals surface area contributed by atoms with Gasteiger partial charge in [0.1, 0.15) is 12.4 Å². The van der Waals surface area contributed by atoms with E-state index in [0.717, 1.165) is 11.8 Å². The second-order valence-electron chi connectivity index (χ2n) is 4.40. The minimum absolute atomic E-state index is 0. The van der Waals surface area contributed by atoms with Crippen molar-refractivity contribution < 1.29 is 24.5 Å². The van der Waals surface area contributed by atoms with E-state index in [0.29, 0.717) is 12.8 Å². The van der Waals surface area contributed by atoms with Gasteiger partial charge in [0.2, 0.25) is 0 Å². The summed E-state index contributed by atoms with van der Waals surface area (Å²) < 4.78 is 34.6. The first kappa shape index (κ1) is 17.1. The van der Waals surface area contributed by atoms with Crippen LogP contribution in [0.15, 0.2) is 24.8 Å². The molecule has 1 aliphatic carbocycles. The normalized spacial score (nSPS) is 19.9. The molecule has 1 fully saturated rings. The zero-order chi connectivity index (χ0) is 15.8. The van der Waals surface area contributed by atoms with Crippen molar-refractivity contribution in [3.63, 3.8) is 0 Å². The smallest absolute Gasteiger partial charge is 0.387 e. The topological polar surface area (TPSA) is 35.5 Å². The zero-order valence-corrected chi connectivity index (χ0v) is 12.2. The monoisotopic (exact) mass is 300 g/mol. The number of halogens is 2. The Morgan fingerprint density at radius 2 is 2.00 bits per heavy atom. The van der Waals surface area contributed by atoms with E-state index in [-0.39, 0.29) is 24.9 Å². The van der Waals surface area contributed by atoms with Gasteiger partial charge in [0.15, 0.2) is 11.5 Å². The molecule has 21 heavy (non-hydrogen) atoms. The molecular weight excluding hydrogens is 278 g/mol. The quantitative estimate of drug-likeness (QED) is 0.722. The molecule has 1 aromatic rings. The molecule has 0 aromatic heterocycles. The summed E-state index contributed by atoms with van der Waals surface area (Å²) in [6, 6.07) is 4.64. The van der Waals surface area contributed by atoms with Crippen molar-refractivity contribution in [2.75, 3.05) is 0 Å². The number of carbonyl (C=O) groups is 1. The van der Waals surface area contributed by atoms with E-state index in [1.54, 1.807) is 18.2 Å². The van der Waals surface area contributed by atoms with Crippen LogP contribution >= 0.6 is 0 Å². The SMILES string of the molecule is C=Cc1ccc(OC(F)F)c(OC2CC(C=O)C2)c1.CC.[HH]. The highest BCUT2D eigenvalue weighted by molar-refractivity contribution is 5.56. The molecule has 0 spiro atoms. The molecular formula is C16H22F2O3. The lowest BCUT2D eigenvalue weighted by Crippen LogP contribution is -2.34. The molecule has 5 heteroatoms. The van der Waals surface area contributed by atoms with Gasteiger partial charge in [0.05, 0.1) is 0 Å². The Balaban J connectivity index is 0.00000141. The fourth-order valence-electron chi connectivity index (χ4n) is 1.93. The Labute approximate surface area is 125 Å². The summed E-state index contributed by atoms with van der Waals surface area (Å²) in [6.45, 7) is 4.71. The highest BCUT2D eigenvalue weighted by Crippen LogP contribution is 2.36. The van der Waals surface area contributed by atoms with E-state index in [1.807, 2.05) is 13.8 Å². The Morgan fingerprint density at radius 1 is 1.33 bits per heavy atom. The minimum atomic E-state index is -2.90. The number of benzene rings is 1. The number of alkyl halides is 2. The molecule has 118 valence electrons. The van der Waals surface area contributed by atoms with Crippen LogP contribution in [-0.2, 0) is 4.79 Å². The van der Waals surface area contributed by atoms with Gasteiger partial charge in [0, 0.05) is 7.34 Å². The lowest BCUT2D eigenvalue weighted by molar-refractivity contribution is -0.116. The molecule has 0 bridgehead atoms. The van der Waals surface area contributed by atoms with E-state index >= 15 is 0 Å². The molecule has 1 saturated carbocycles. The average Bonchev–Trinajstić information content (AvgIpc) is 2.45. The van der Waals surface area contributed by atoms with Gasteiger partial charge in [-0.3, -0.25) is 0 Å². The maximum atomic E-state index is 12.3. The van der Waals surface area contributed by atoms with Crippen molar-refractivity contribution in [3.8, 4) is 11.5 Å². The third-order valence-electron chi connectivity index (χ3n) is 3.04. The van der Waals surface area contributed by atoms with Gasteiger partial charge >= 0.3 is 6.61 Å². The minimum Gasteiger partial charge on any atom is -0.486 e. The first-order valence-corrected chi connectivity index (χ1v) is 6.95. The molecule has 0 unspecified atom stereocenters. The van der Waals surface area contributed by atoms with Crippen molar-refractivity contribution in [1.82, 2.24) is 0 Å². The molecule has 1 aliphatic rings. The number of carbonyl (C=O) groups excluding carboxylic acids is 1. The Hall–Kier alpha value is -1.91. The van der Waals surface area contributed by atoms with Crippen molar-refractivity contribution in [2.45, 2.75) is 39.4 Å². The van der Waals surface area contributed by atoms with Crippen molar-refractivity contribution in [2.24, 2.45) is 5.92 Å². The molecule has 0 radical (unpaired) electrons. The van der Waals surface area contributed by atoms with Gasteiger partial charge in [-0.25, -0.2) is 0 Å². The molecule has 3 nitrogen and oxygen atoms in total. The lowest BCUT2D eigenvalue weighted by atomic mass is 9.83. The van der Waals surface area contributed by atoms with Gasteiger partial charge in [-0.15, -0.1) is 0 Å². The van der Waals surface area contributed by atoms with Gasteiger partial charge in [-0.1, -0.05) is 32.6 Å². The molecule has 0 N–H and O–H groups in total. The third kappa shape index (κ3) is 4.85. The summed E-state index contributed by atoms with van der Waals surface area (Å²) in [7, 11) is 0. The van der Waals surface area contributed by atoms with E-state index in [1.165, 1.54) is 6.07 Å². The fourth-order valence-corrected chi connectivity index (χ4v) is 1.93. The molecule has 0 amide bonds. The van der Waals surface area contributed by atoms with Crippen LogP contribution in [-0.4, -0.2) is 19.0 Å². The standard InChI is InChI=1S/C14H14F2O3.C2H6.H2/c1-2-9-3-4-12(19-14(15)16)13(7-9)18-11-5-10(6-11)8-17;1-2;/h2-4,7-8,10-11,14H,1,5-6H2;1-2H3;1H. The van der Waals surface area contributed by atoms with Crippen molar-refractivity contribution in [1.29, 1.82) is 0 Å². The van der Waals surface area contributed by atoms with E-state index in [9.17, 15) is 13.6 Å². The molecule has 0 heterocycles. The summed E-state index contributed by atoms with van der Waals surface area (Å²) in [5.74, 6) is 0.259. The maximum absolute atomic E-state index is 12.3. The Bertz CT molecular complexity index is 474. The van der Waals surface area contributed by atoms with Crippen LogP contribution in [0, 0.1) is 5.92 Å². The van der Waals surface area contributed by atoms with Gasteiger partial charge in [-0.2, -0.15) is 8.78 Å². The second kappa shape index (κ2) is 8.39. The van der Waals surface area contributed by atoms with Crippen LogP contribution < -0.4 is 9.47 Å². The molecule has 0 atom stereocenters. The van der Waals surface area contributed by atoms with Crippen molar-refractivity contribution in [3.05, 3.63) is 30.3 Å². The highest BCUT2D eigenvalue weighted by atomic mass is 19.3. The third-order valence-corrected chi connectivity index (χ3v) is 3.04. The van der Waals surface area contributed by atoms with E-state index < -0.39 is 6.61 Å². The van der Waals surface area contributed by atoms with E-state index in [4.69, 9.17) is 4.74 Å². The summed E-state index contributed by atoms with van der Waals surface area (Å²) >= 11 is 0. The van der Waals surface area contributed by atoms with Crippen LogP contribution in [0.4, 0.5) is 8.78 Å². The maximum Gasteiger partial charge on any atom is 0.387 e. The predicted octanol–water partition coefficient (Wildman–Crippen LogP) is 4.56. The van der Waals surface area contributed by atoms with Crippen molar-refractivity contribution >= 4 is 12.4 Å². The van der Waals surface area contributed by atoms with Gasteiger partial charge in [0.25, 0.3) is 0 Å². The Morgan fingerprint density at radius 3 is 2.52 bits per heavy atom. The van der Waals surface area contributed by atoms with Crippen LogP contribution in [0.5, 0.6) is 11.5 Å². The van der Waals surface area contributed by atoms with Crippen LogP contribution in [0.1, 0.15) is 33.7 Å². The summed E-state index contributed by atoms with van der Waals surface area (Å²) in [6.07, 6.45) is 3.56. The second-order valence-corrected chi connectivity index (χ2v) is 4.40. The van der Waals surface area contributed by atoms with Gasteiger partial charge in [-0.05, 0) is 30.5 Å². The summed E-state index contributed by atoms with van der Waals surface area (Å²) in [5, 5.41) is 0. The average molecular weight is 300 g/mol. The number of ether oxygens (including phenoxy) is 2. The summed E-state index contributed by atoms with van der Waals surface area (Å²) in [4.78, 5) is 10.5. The largest absolute Gasteiger partial charge is 0.486 e. The molecule has 2 rings (SSSR count). The predicted molar refractivity (Wildman–Crippen MR) is 79.8 cm³/mol. The molecule has 0 saturated heterocycles. The first-order chi connectivity index (χ1) is 10.1. The lowest BCUT2D eigenvalue weighted by Gasteiger charge is -2.32. The van der Waals surface area contributed by atoms with Crippen LogP contribution in [0.25, 0.3) is 6.08 Å². The number of rotatable bonds is 6. The number of hydrogen-bond acceptors (Lipinski definition) is 3. The Kier molecular flexibility index (Phi) is 6.85. The summed E-state index contributed by atoms with van der Waals surface area (Å²) in [5.41, 5.74) is 0.753. The van der Waals surface area contributed by atoms with Gasteiger partial charge < -0.3 is 14.3 Å².